The fourth-order valence-electron chi connectivity index (χ4n) is 2.45. The van der Waals surface area contributed by atoms with Gasteiger partial charge in [0.15, 0.2) is 0 Å². The van der Waals surface area contributed by atoms with E-state index in [1.54, 1.807) is 6.07 Å². The third kappa shape index (κ3) is 2.66. The van der Waals surface area contributed by atoms with Crippen molar-refractivity contribution in [3.63, 3.8) is 0 Å². The Labute approximate surface area is 115 Å². The number of nitro benzene ring substituents is 1. The highest BCUT2D eigenvalue weighted by atomic mass is 79.9. The van der Waals surface area contributed by atoms with Crippen molar-refractivity contribution in [1.82, 2.24) is 0 Å². The largest absolute Gasteiger partial charge is 0.371 e. The minimum atomic E-state index is -0.320. The van der Waals surface area contributed by atoms with E-state index in [1.165, 1.54) is 12.8 Å². The molecule has 0 bridgehead atoms. The first-order valence-corrected chi connectivity index (χ1v) is 7.36. The summed E-state index contributed by atoms with van der Waals surface area (Å²) >= 11 is 3.32. The van der Waals surface area contributed by atoms with Crippen LogP contribution in [0.25, 0.3) is 0 Å². The molecule has 1 aromatic carbocycles. The molecule has 1 fully saturated rings. The average molecular weight is 313 g/mol. The maximum Gasteiger partial charge on any atom is 0.273 e. The van der Waals surface area contributed by atoms with Gasteiger partial charge < -0.3 is 4.90 Å². The molecular formula is C13H17BrN2O2. The number of benzene rings is 1. The molecule has 1 atom stereocenters. The summed E-state index contributed by atoms with van der Waals surface area (Å²) in [6, 6.07) is 5.42. The maximum atomic E-state index is 10.9. The summed E-state index contributed by atoms with van der Waals surface area (Å²) in [7, 11) is 0. The smallest absolute Gasteiger partial charge is 0.273 e. The van der Waals surface area contributed by atoms with Gasteiger partial charge in [0.1, 0.15) is 0 Å². The van der Waals surface area contributed by atoms with Gasteiger partial charge in [-0.3, -0.25) is 10.1 Å². The van der Waals surface area contributed by atoms with E-state index in [0.29, 0.717) is 5.33 Å². The van der Waals surface area contributed by atoms with Gasteiger partial charge >= 0.3 is 0 Å². The van der Waals surface area contributed by atoms with Crippen LogP contribution in [-0.2, 0) is 5.33 Å². The Morgan fingerprint density at radius 3 is 2.89 bits per heavy atom. The van der Waals surface area contributed by atoms with E-state index in [4.69, 9.17) is 0 Å². The monoisotopic (exact) mass is 312 g/mol. The lowest BCUT2D eigenvalue weighted by Gasteiger charge is -2.19. The first-order valence-electron chi connectivity index (χ1n) is 6.24. The highest BCUT2D eigenvalue weighted by molar-refractivity contribution is 9.08. The Morgan fingerprint density at radius 1 is 1.56 bits per heavy atom. The lowest BCUT2D eigenvalue weighted by Crippen LogP contribution is -2.19. The highest BCUT2D eigenvalue weighted by Gasteiger charge is 2.22. The number of halogens is 1. The fraction of sp³-hybridized carbons (Fsp3) is 0.538. The molecule has 0 saturated carbocycles. The van der Waals surface area contributed by atoms with Crippen molar-refractivity contribution < 1.29 is 4.92 Å². The van der Waals surface area contributed by atoms with Crippen LogP contribution in [0, 0.1) is 16.0 Å². The van der Waals surface area contributed by atoms with Crippen molar-refractivity contribution in [2.45, 2.75) is 25.1 Å². The molecule has 1 saturated heterocycles. The van der Waals surface area contributed by atoms with Gasteiger partial charge in [0.05, 0.1) is 4.92 Å². The molecule has 1 unspecified atom stereocenters. The number of hydrogen-bond acceptors (Lipinski definition) is 3. The van der Waals surface area contributed by atoms with Gasteiger partial charge in [-0.15, -0.1) is 0 Å². The van der Waals surface area contributed by atoms with Crippen molar-refractivity contribution in [1.29, 1.82) is 0 Å². The van der Waals surface area contributed by atoms with Gasteiger partial charge in [0.25, 0.3) is 5.69 Å². The van der Waals surface area contributed by atoms with Gasteiger partial charge in [-0.05, 0) is 24.5 Å². The Kier molecular flexibility index (Phi) is 4.22. The van der Waals surface area contributed by atoms with Crippen molar-refractivity contribution >= 4 is 27.3 Å². The van der Waals surface area contributed by atoms with Crippen LogP contribution in [0.3, 0.4) is 0 Å². The number of nitro groups is 1. The fourth-order valence-corrected chi connectivity index (χ4v) is 2.90. The molecule has 0 amide bonds. The second-order valence-electron chi connectivity index (χ2n) is 4.71. The maximum absolute atomic E-state index is 10.9. The van der Waals surface area contributed by atoms with Crippen molar-refractivity contribution in [2.24, 2.45) is 5.92 Å². The average Bonchev–Trinajstić information content (AvgIpc) is 2.86. The number of rotatable bonds is 4. The normalized spacial score (nSPS) is 19.2. The second-order valence-corrected chi connectivity index (χ2v) is 5.27. The summed E-state index contributed by atoms with van der Waals surface area (Å²) in [6.07, 6.45) is 2.42. The molecular weight excluding hydrogens is 296 g/mol. The molecule has 18 heavy (non-hydrogen) atoms. The third-order valence-corrected chi connectivity index (χ3v) is 4.24. The predicted molar refractivity (Wildman–Crippen MR) is 76.3 cm³/mol. The lowest BCUT2D eigenvalue weighted by molar-refractivity contribution is -0.385. The van der Waals surface area contributed by atoms with Crippen LogP contribution >= 0.6 is 15.9 Å². The van der Waals surface area contributed by atoms with Crippen LogP contribution in [0.1, 0.15) is 25.3 Å². The molecule has 0 radical (unpaired) electrons. The summed E-state index contributed by atoms with van der Waals surface area (Å²) in [6.45, 7) is 4.34. The zero-order chi connectivity index (χ0) is 13.1. The number of hydrogen-bond donors (Lipinski definition) is 0. The third-order valence-electron chi connectivity index (χ3n) is 3.63. The molecule has 0 N–H and O–H groups in total. The van der Waals surface area contributed by atoms with Crippen LogP contribution in [0.15, 0.2) is 18.2 Å². The van der Waals surface area contributed by atoms with Crippen molar-refractivity contribution in [2.75, 3.05) is 18.0 Å². The Hall–Kier alpha value is -1.10. The number of alkyl halides is 1. The molecule has 0 aromatic heterocycles. The molecule has 1 aliphatic heterocycles. The van der Waals surface area contributed by atoms with Crippen molar-refractivity contribution in [3.8, 4) is 0 Å². The van der Waals surface area contributed by atoms with E-state index >= 15 is 0 Å². The van der Waals surface area contributed by atoms with E-state index in [1.807, 2.05) is 12.1 Å². The molecule has 0 spiro atoms. The van der Waals surface area contributed by atoms with Crippen LogP contribution < -0.4 is 4.90 Å². The number of nitrogens with zero attached hydrogens (tertiary/aromatic N) is 2. The van der Waals surface area contributed by atoms with Crippen LogP contribution in [-0.4, -0.2) is 18.0 Å². The van der Waals surface area contributed by atoms with E-state index < -0.39 is 0 Å². The quantitative estimate of drug-likeness (QED) is 0.483. The SMILES string of the molecule is CCC1CCN(c2ccc([N+](=O)[O-])c(CBr)c2)C1. The predicted octanol–water partition coefficient (Wildman–Crippen LogP) is 3.73. The topological polar surface area (TPSA) is 46.4 Å². The Balaban J connectivity index is 2.22. The molecule has 4 nitrogen and oxygen atoms in total. The molecule has 1 heterocycles. The van der Waals surface area contributed by atoms with Crippen LogP contribution in [0.4, 0.5) is 11.4 Å². The molecule has 0 aliphatic carbocycles. The Bertz CT molecular complexity index is 451. The van der Waals surface area contributed by atoms with Gasteiger partial charge in [-0.2, -0.15) is 0 Å². The van der Waals surface area contributed by atoms with Crippen molar-refractivity contribution in [3.05, 3.63) is 33.9 Å². The summed E-state index contributed by atoms with van der Waals surface area (Å²) in [5, 5.41) is 11.4. The minimum absolute atomic E-state index is 0.196. The van der Waals surface area contributed by atoms with Gasteiger partial charge in [-0.25, -0.2) is 0 Å². The molecule has 98 valence electrons. The number of anilines is 1. The molecule has 5 heteroatoms. The summed E-state index contributed by atoms with van der Waals surface area (Å²) < 4.78 is 0. The van der Waals surface area contributed by atoms with E-state index in [9.17, 15) is 10.1 Å². The molecule has 1 aromatic rings. The van der Waals surface area contributed by atoms with Crippen LogP contribution in [0.5, 0.6) is 0 Å². The molecule has 2 rings (SSSR count). The van der Waals surface area contributed by atoms with E-state index in [-0.39, 0.29) is 10.6 Å². The van der Waals surface area contributed by atoms with Gasteiger partial charge in [-0.1, -0.05) is 29.3 Å². The van der Waals surface area contributed by atoms with E-state index in [0.717, 1.165) is 30.3 Å². The summed E-state index contributed by atoms with van der Waals surface area (Å²) in [5.74, 6) is 0.757. The van der Waals surface area contributed by atoms with E-state index in [2.05, 4.69) is 27.8 Å². The standard InChI is InChI=1S/C13H17BrN2O2/c1-2-10-5-6-15(9-10)12-3-4-13(16(17)18)11(7-12)8-14/h3-4,7,10H,2,5-6,8-9H2,1H3. The Morgan fingerprint density at radius 2 is 2.33 bits per heavy atom. The zero-order valence-electron chi connectivity index (χ0n) is 10.4. The first-order chi connectivity index (χ1) is 8.65. The lowest BCUT2D eigenvalue weighted by atomic mass is 10.1. The van der Waals surface area contributed by atoms with Gasteiger partial charge in [0, 0.05) is 35.7 Å². The first kappa shape index (κ1) is 13.3. The van der Waals surface area contributed by atoms with Gasteiger partial charge in [0.2, 0.25) is 0 Å². The minimum Gasteiger partial charge on any atom is -0.371 e. The molecule has 1 aliphatic rings. The highest BCUT2D eigenvalue weighted by Crippen LogP contribution is 2.30. The second kappa shape index (κ2) is 5.69. The summed E-state index contributed by atoms with van der Waals surface area (Å²) in [4.78, 5) is 12.9. The zero-order valence-corrected chi connectivity index (χ0v) is 12.0. The summed E-state index contributed by atoms with van der Waals surface area (Å²) in [5.41, 5.74) is 2.05. The van der Waals surface area contributed by atoms with Crippen LogP contribution in [0.2, 0.25) is 0 Å².